The summed E-state index contributed by atoms with van der Waals surface area (Å²) in [5, 5.41) is 0. The van der Waals surface area contributed by atoms with Crippen LogP contribution in [0.15, 0.2) is 0 Å². The number of piperidine rings is 1. The fraction of sp³-hybridized carbons (Fsp3) is 0.800. The molecule has 2 aliphatic heterocycles. The molecule has 0 radical (unpaired) electrons. The molecule has 84 valence electrons. The van der Waals surface area contributed by atoms with Crippen LogP contribution in [0.4, 0.5) is 0 Å². The average molecular weight is 212 g/mol. The first-order valence-corrected chi connectivity index (χ1v) is 5.26. The topological polar surface area (TPSA) is 72.6 Å². The van der Waals surface area contributed by atoms with Crippen LogP contribution >= 0.6 is 0 Å². The van der Waals surface area contributed by atoms with Crippen molar-refractivity contribution in [2.45, 2.75) is 37.3 Å². The number of fused-ring (bicyclic) bond motifs is 1. The van der Waals surface area contributed by atoms with Gasteiger partial charge in [-0.15, -0.1) is 0 Å². The van der Waals surface area contributed by atoms with Crippen molar-refractivity contribution in [2.75, 3.05) is 13.7 Å². The molecule has 2 heterocycles. The third kappa shape index (κ3) is 1.42. The van der Waals surface area contributed by atoms with Gasteiger partial charge in [0.1, 0.15) is 5.54 Å². The number of nitrogens with zero attached hydrogens (tertiary/aromatic N) is 1. The fourth-order valence-electron chi connectivity index (χ4n) is 2.63. The second kappa shape index (κ2) is 3.48. The van der Waals surface area contributed by atoms with Gasteiger partial charge >= 0.3 is 5.97 Å². The Kier molecular flexibility index (Phi) is 2.42. The number of carbonyl (C=O) groups excluding carboxylic acids is 2. The number of ether oxygens (including phenoxy) is 1. The van der Waals surface area contributed by atoms with Crippen molar-refractivity contribution in [3.8, 4) is 0 Å². The minimum absolute atomic E-state index is 0.0207. The molecule has 0 aromatic rings. The summed E-state index contributed by atoms with van der Waals surface area (Å²) in [4.78, 5) is 25.0. The van der Waals surface area contributed by atoms with E-state index in [1.165, 1.54) is 7.11 Å². The number of hydrogen-bond donors (Lipinski definition) is 1. The first-order chi connectivity index (χ1) is 7.09. The van der Waals surface area contributed by atoms with Crippen molar-refractivity contribution < 1.29 is 14.3 Å². The molecular formula is C10H16N2O3. The first-order valence-electron chi connectivity index (χ1n) is 5.26. The Morgan fingerprint density at radius 1 is 1.60 bits per heavy atom. The number of amides is 1. The summed E-state index contributed by atoms with van der Waals surface area (Å²) in [6, 6.07) is -0.161. The minimum Gasteiger partial charge on any atom is -0.468 e. The van der Waals surface area contributed by atoms with E-state index in [0.29, 0.717) is 0 Å². The van der Waals surface area contributed by atoms with E-state index in [2.05, 4.69) is 0 Å². The van der Waals surface area contributed by atoms with E-state index < -0.39 is 11.5 Å². The lowest BCUT2D eigenvalue weighted by Crippen LogP contribution is -2.58. The Morgan fingerprint density at radius 3 is 3.00 bits per heavy atom. The van der Waals surface area contributed by atoms with Crippen LogP contribution in [-0.2, 0) is 14.3 Å². The second-order valence-electron chi connectivity index (χ2n) is 4.31. The predicted octanol–water partition coefficient (Wildman–Crippen LogP) is -0.358. The molecule has 1 amide bonds. The van der Waals surface area contributed by atoms with Crippen molar-refractivity contribution in [3.63, 3.8) is 0 Å². The van der Waals surface area contributed by atoms with E-state index in [1.54, 1.807) is 4.90 Å². The average Bonchev–Trinajstić information content (AvgIpc) is 2.52. The number of carbonyl (C=O) groups is 2. The Bertz CT molecular complexity index is 305. The quantitative estimate of drug-likeness (QED) is 0.602. The van der Waals surface area contributed by atoms with Gasteiger partial charge in [-0.05, 0) is 19.3 Å². The number of hydrogen-bond acceptors (Lipinski definition) is 4. The Labute approximate surface area is 88.5 Å². The van der Waals surface area contributed by atoms with Crippen molar-refractivity contribution in [2.24, 2.45) is 5.73 Å². The zero-order valence-corrected chi connectivity index (χ0v) is 8.86. The van der Waals surface area contributed by atoms with Gasteiger partial charge in [0.2, 0.25) is 5.91 Å². The second-order valence-corrected chi connectivity index (χ2v) is 4.31. The SMILES string of the molecule is COC(=O)C1(N)CC(=O)N2CCCCC21. The summed E-state index contributed by atoms with van der Waals surface area (Å²) in [6.45, 7) is 0.722. The molecule has 2 atom stereocenters. The van der Waals surface area contributed by atoms with Gasteiger partial charge in [-0.2, -0.15) is 0 Å². The lowest BCUT2D eigenvalue weighted by atomic mass is 9.86. The maximum absolute atomic E-state index is 11.7. The summed E-state index contributed by atoms with van der Waals surface area (Å²) in [5.74, 6) is -0.488. The van der Waals surface area contributed by atoms with Gasteiger partial charge in [0, 0.05) is 6.54 Å². The van der Waals surface area contributed by atoms with E-state index in [9.17, 15) is 9.59 Å². The maximum atomic E-state index is 11.7. The molecule has 0 aromatic heterocycles. The standard InChI is InChI=1S/C10H16N2O3/c1-15-9(14)10(11)6-8(13)12-5-3-2-4-7(10)12/h7H,2-6,11H2,1H3. The van der Waals surface area contributed by atoms with Gasteiger partial charge in [0.05, 0.1) is 19.6 Å². The third-order valence-corrected chi connectivity index (χ3v) is 3.43. The summed E-state index contributed by atoms with van der Waals surface area (Å²) in [7, 11) is 1.31. The lowest BCUT2D eigenvalue weighted by Gasteiger charge is -2.35. The van der Waals surface area contributed by atoms with Gasteiger partial charge in [-0.3, -0.25) is 4.79 Å². The van der Waals surface area contributed by atoms with Gasteiger partial charge in [-0.25, -0.2) is 4.79 Å². The van der Waals surface area contributed by atoms with Gasteiger partial charge in [-0.1, -0.05) is 0 Å². The summed E-state index contributed by atoms with van der Waals surface area (Å²) in [5.41, 5.74) is 4.90. The van der Waals surface area contributed by atoms with E-state index >= 15 is 0 Å². The Balaban J connectivity index is 2.27. The smallest absolute Gasteiger partial charge is 0.328 e. The van der Waals surface area contributed by atoms with Crippen molar-refractivity contribution >= 4 is 11.9 Å². The summed E-state index contributed by atoms with van der Waals surface area (Å²) in [6.07, 6.45) is 2.91. The molecule has 2 unspecified atom stereocenters. The molecule has 5 heteroatoms. The monoisotopic (exact) mass is 212 g/mol. The molecule has 0 saturated carbocycles. The van der Waals surface area contributed by atoms with E-state index in [-0.39, 0.29) is 18.4 Å². The molecule has 2 rings (SSSR count). The highest BCUT2D eigenvalue weighted by atomic mass is 16.5. The molecule has 15 heavy (non-hydrogen) atoms. The predicted molar refractivity (Wildman–Crippen MR) is 52.9 cm³/mol. The molecular weight excluding hydrogens is 196 g/mol. The molecule has 2 aliphatic rings. The van der Waals surface area contributed by atoms with Crippen LogP contribution in [0.3, 0.4) is 0 Å². The zero-order valence-electron chi connectivity index (χ0n) is 8.86. The van der Waals surface area contributed by atoms with Gasteiger partial charge in [0.25, 0.3) is 0 Å². The fourth-order valence-corrected chi connectivity index (χ4v) is 2.63. The highest BCUT2D eigenvalue weighted by molar-refractivity contribution is 5.93. The van der Waals surface area contributed by atoms with Crippen LogP contribution in [0, 0.1) is 0 Å². The zero-order chi connectivity index (χ0) is 11.1. The Hall–Kier alpha value is -1.10. The normalized spacial score (nSPS) is 35.2. The molecule has 0 aromatic carbocycles. The van der Waals surface area contributed by atoms with Crippen LogP contribution in [0.2, 0.25) is 0 Å². The van der Waals surface area contributed by atoms with Crippen molar-refractivity contribution in [1.82, 2.24) is 4.90 Å². The van der Waals surface area contributed by atoms with E-state index in [4.69, 9.17) is 10.5 Å². The van der Waals surface area contributed by atoms with Crippen LogP contribution in [0.1, 0.15) is 25.7 Å². The van der Waals surface area contributed by atoms with Gasteiger partial charge < -0.3 is 15.4 Å². The van der Waals surface area contributed by atoms with Crippen molar-refractivity contribution in [3.05, 3.63) is 0 Å². The number of rotatable bonds is 1. The molecule has 0 spiro atoms. The number of nitrogens with two attached hydrogens (primary N) is 1. The summed E-state index contributed by atoms with van der Waals surface area (Å²) >= 11 is 0. The van der Waals surface area contributed by atoms with Crippen LogP contribution < -0.4 is 5.73 Å². The molecule has 0 aliphatic carbocycles. The number of esters is 1. The number of methoxy groups -OCH3 is 1. The first kappa shape index (κ1) is 10.4. The molecule has 5 nitrogen and oxygen atoms in total. The molecule has 0 bridgehead atoms. The third-order valence-electron chi connectivity index (χ3n) is 3.43. The Morgan fingerprint density at radius 2 is 2.33 bits per heavy atom. The molecule has 2 N–H and O–H groups in total. The van der Waals surface area contributed by atoms with Crippen LogP contribution in [-0.4, -0.2) is 42.0 Å². The molecule has 2 fully saturated rings. The largest absolute Gasteiger partial charge is 0.468 e. The molecule has 2 saturated heterocycles. The summed E-state index contributed by atoms with van der Waals surface area (Å²) < 4.78 is 4.69. The highest BCUT2D eigenvalue weighted by Crippen LogP contribution is 2.34. The van der Waals surface area contributed by atoms with E-state index in [1.807, 2.05) is 0 Å². The van der Waals surface area contributed by atoms with Crippen molar-refractivity contribution in [1.29, 1.82) is 0 Å². The maximum Gasteiger partial charge on any atom is 0.328 e. The lowest BCUT2D eigenvalue weighted by molar-refractivity contribution is -0.148. The highest BCUT2D eigenvalue weighted by Gasteiger charge is 2.55. The van der Waals surface area contributed by atoms with E-state index in [0.717, 1.165) is 25.8 Å². The minimum atomic E-state index is -1.12. The van der Waals surface area contributed by atoms with Gasteiger partial charge in [0.15, 0.2) is 0 Å². The van der Waals surface area contributed by atoms with Crippen LogP contribution in [0.25, 0.3) is 0 Å². The van der Waals surface area contributed by atoms with Crippen LogP contribution in [0.5, 0.6) is 0 Å².